The SMILES string of the molecule is Cn1cc2c(n1)CCN2. The summed E-state index contributed by atoms with van der Waals surface area (Å²) >= 11 is 0. The first-order valence-corrected chi connectivity index (χ1v) is 3.12. The lowest BCUT2D eigenvalue weighted by Gasteiger charge is -1.89. The standard InChI is InChI=1S/C6H9N3/c1-9-4-6-5(8-9)2-3-7-6/h4,7H,2-3H2,1H3. The highest BCUT2D eigenvalue weighted by Gasteiger charge is 2.11. The summed E-state index contributed by atoms with van der Waals surface area (Å²) in [5, 5.41) is 7.48. The molecule has 1 aromatic heterocycles. The lowest BCUT2D eigenvalue weighted by Crippen LogP contribution is -1.96. The summed E-state index contributed by atoms with van der Waals surface area (Å²) in [6, 6.07) is 0. The number of fused-ring (bicyclic) bond motifs is 1. The van der Waals surface area contributed by atoms with Gasteiger partial charge in [0.1, 0.15) is 0 Å². The highest BCUT2D eigenvalue weighted by atomic mass is 15.3. The van der Waals surface area contributed by atoms with Crippen molar-refractivity contribution in [3.05, 3.63) is 11.9 Å². The first kappa shape index (κ1) is 4.85. The van der Waals surface area contributed by atoms with Gasteiger partial charge in [0.15, 0.2) is 0 Å². The highest BCUT2D eigenvalue weighted by molar-refractivity contribution is 5.50. The van der Waals surface area contributed by atoms with Gasteiger partial charge in [0, 0.05) is 26.2 Å². The summed E-state index contributed by atoms with van der Waals surface area (Å²) in [6.45, 7) is 1.05. The fourth-order valence-corrected chi connectivity index (χ4v) is 1.18. The highest BCUT2D eigenvalue weighted by Crippen LogP contribution is 2.18. The van der Waals surface area contributed by atoms with Gasteiger partial charge in [-0.25, -0.2) is 0 Å². The molecule has 0 saturated heterocycles. The average molecular weight is 123 g/mol. The van der Waals surface area contributed by atoms with E-state index in [1.54, 1.807) is 0 Å². The van der Waals surface area contributed by atoms with Crippen LogP contribution in [0, 0.1) is 0 Å². The van der Waals surface area contributed by atoms with E-state index >= 15 is 0 Å². The topological polar surface area (TPSA) is 29.9 Å². The first-order chi connectivity index (χ1) is 4.36. The molecule has 0 fully saturated rings. The average Bonchev–Trinajstić information content (AvgIpc) is 2.22. The number of aromatic nitrogens is 2. The van der Waals surface area contributed by atoms with Gasteiger partial charge >= 0.3 is 0 Å². The van der Waals surface area contributed by atoms with Crippen LogP contribution in [0.15, 0.2) is 6.20 Å². The number of aryl methyl sites for hydroxylation is 1. The molecule has 1 aliphatic heterocycles. The van der Waals surface area contributed by atoms with Crippen molar-refractivity contribution in [2.24, 2.45) is 7.05 Å². The van der Waals surface area contributed by atoms with E-state index in [1.807, 2.05) is 17.9 Å². The normalized spacial score (nSPS) is 15.2. The third kappa shape index (κ3) is 0.608. The predicted molar refractivity (Wildman–Crippen MR) is 35.4 cm³/mol. The van der Waals surface area contributed by atoms with Crippen LogP contribution < -0.4 is 5.32 Å². The Morgan fingerprint density at radius 2 is 2.67 bits per heavy atom. The minimum atomic E-state index is 1.05. The van der Waals surface area contributed by atoms with Crippen LogP contribution >= 0.6 is 0 Å². The second-order valence-electron chi connectivity index (χ2n) is 2.34. The molecule has 2 rings (SSSR count). The van der Waals surface area contributed by atoms with Gasteiger partial charge in [-0.2, -0.15) is 5.10 Å². The Bertz CT molecular complexity index is 205. The number of hydrogen-bond donors (Lipinski definition) is 1. The van der Waals surface area contributed by atoms with Crippen molar-refractivity contribution < 1.29 is 0 Å². The number of rotatable bonds is 0. The molecule has 9 heavy (non-hydrogen) atoms. The molecule has 0 atom stereocenters. The monoisotopic (exact) mass is 123 g/mol. The van der Waals surface area contributed by atoms with E-state index in [1.165, 1.54) is 11.4 Å². The fraction of sp³-hybridized carbons (Fsp3) is 0.500. The van der Waals surface area contributed by atoms with Gasteiger partial charge < -0.3 is 5.32 Å². The van der Waals surface area contributed by atoms with E-state index in [4.69, 9.17) is 0 Å². The molecule has 0 radical (unpaired) electrons. The molecule has 1 aromatic rings. The Morgan fingerprint density at radius 1 is 1.78 bits per heavy atom. The van der Waals surface area contributed by atoms with Crippen molar-refractivity contribution in [1.82, 2.24) is 9.78 Å². The first-order valence-electron chi connectivity index (χ1n) is 3.12. The molecule has 0 spiro atoms. The van der Waals surface area contributed by atoms with Crippen molar-refractivity contribution >= 4 is 5.69 Å². The molecule has 0 unspecified atom stereocenters. The molecule has 3 nitrogen and oxygen atoms in total. The van der Waals surface area contributed by atoms with Gasteiger partial charge in [-0.1, -0.05) is 0 Å². The minimum absolute atomic E-state index is 1.05. The minimum Gasteiger partial charge on any atom is -0.382 e. The lowest BCUT2D eigenvalue weighted by atomic mass is 10.4. The zero-order valence-corrected chi connectivity index (χ0v) is 5.39. The molecule has 0 amide bonds. The fourth-order valence-electron chi connectivity index (χ4n) is 1.18. The van der Waals surface area contributed by atoms with Crippen LogP contribution in [0.4, 0.5) is 5.69 Å². The van der Waals surface area contributed by atoms with Crippen LogP contribution in [0.2, 0.25) is 0 Å². The van der Waals surface area contributed by atoms with E-state index < -0.39 is 0 Å². The Labute approximate surface area is 53.7 Å². The van der Waals surface area contributed by atoms with Gasteiger partial charge in [0.05, 0.1) is 11.4 Å². The van der Waals surface area contributed by atoms with Gasteiger partial charge in [0.25, 0.3) is 0 Å². The third-order valence-electron chi connectivity index (χ3n) is 1.58. The van der Waals surface area contributed by atoms with Gasteiger partial charge in [-0.15, -0.1) is 0 Å². The molecule has 0 aromatic carbocycles. The maximum absolute atomic E-state index is 4.25. The molecule has 2 heterocycles. The molecule has 0 aliphatic carbocycles. The molecule has 0 bridgehead atoms. The van der Waals surface area contributed by atoms with Gasteiger partial charge in [-0.3, -0.25) is 4.68 Å². The summed E-state index contributed by atoms with van der Waals surface area (Å²) < 4.78 is 1.84. The zero-order valence-electron chi connectivity index (χ0n) is 5.39. The number of anilines is 1. The Kier molecular flexibility index (Phi) is 0.806. The second-order valence-corrected chi connectivity index (χ2v) is 2.34. The summed E-state index contributed by atoms with van der Waals surface area (Å²) in [5.74, 6) is 0. The maximum Gasteiger partial charge on any atom is 0.0873 e. The molecule has 1 aliphatic rings. The Morgan fingerprint density at radius 3 is 3.44 bits per heavy atom. The molecule has 3 heteroatoms. The van der Waals surface area contributed by atoms with Crippen LogP contribution in [-0.4, -0.2) is 16.3 Å². The Hall–Kier alpha value is -0.990. The largest absolute Gasteiger partial charge is 0.382 e. The van der Waals surface area contributed by atoms with E-state index in [2.05, 4.69) is 10.4 Å². The third-order valence-corrected chi connectivity index (χ3v) is 1.58. The molecular weight excluding hydrogens is 114 g/mol. The van der Waals surface area contributed by atoms with E-state index in [9.17, 15) is 0 Å². The van der Waals surface area contributed by atoms with E-state index in [0.717, 1.165) is 13.0 Å². The molecule has 0 saturated carbocycles. The molecule has 1 N–H and O–H groups in total. The number of hydrogen-bond acceptors (Lipinski definition) is 2. The van der Waals surface area contributed by atoms with Gasteiger partial charge in [0.2, 0.25) is 0 Å². The van der Waals surface area contributed by atoms with Crippen molar-refractivity contribution in [3.8, 4) is 0 Å². The van der Waals surface area contributed by atoms with E-state index in [-0.39, 0.29) is 0 Å². The summed E-state index contributed by atoms with van der Waals surface area (Å²) in [5.41, 5.74) is 2.41. The van der Waals surface area contributed by atoms with Crippen LogP contribution in [0.3, 0.4) is 0 Å². The predicted octanol–water partition coefficient (Wildman–Crippen LogP) is 0.388. The quantitative estimate of drug-likeness (QED) is 0.540. The smallest absolute Gasteiger partial charge is 0.0873 e. The Balaban J connectivity index is 2.51. The lowest BCUT2D eigenvalue weighted by molar-refractivity contribution is 0.742. The number of nitrogens with one attached hydrogen (secondary N) is 1. The summed E-state index contributed by atoms with van der Waals surface area (Å²) in [4.78, 5) is 0. The van der Waals surface area contributed by atoms with Crippen molar-refractivity contribution in [2.75, 3.05) is 11.9 Å². The second kappa shape index (κ2) is 1.50. The van der Waals surface area contributed by atoms with Crippen LogP contribution in [0.25, 0.3) is 0 Å². The maximum atomic E-state index is 4.25. The van der Waals surface area contributed by atoms with Crippen molar-refractivity contribution in [2.45, 2.75) is 6.42 Å². The molecule has 48 valence electrons. The number of nitrogens with zero attached hydrogens (tertiary/aromatic N) is 2. The van der Waals surface area contributed by atoms with Crippen molar-refractivity contribution in [3.63, 3.8) is 0 Å². The van der Waals surface area contributed by atoms with Crippen molar-refractivity contribution in [1.29, 1.82) is 0 Å². The summed E-state index contributed by atoms with van der Waals surface area (Å²) in [6.07, 6.45) is 3.10. The van der Waals surface area contributed by atoms with Crippen LogP contribution in [-0.2, 0) is 13.5 Å². The molecular formula is C6H9N3. The van der Waals surface area contributed by atoms with Crippen LogP contribution in [0.5, 0.6) is 0 Å². The van der Waals surface area contributed by atoms with Crippen LogP contribution in [0.1, 0.15) is 5.69 Å². The van der Waals surface area contributed by atoms with Gasteiger partial charge in [-0.05, 0) is 0 Å². The van der Waals surface area contributed by atoms with E-state index in [0.29, 0.717) is 0 Å². The summed E-state index contributed by atoms with van der Waals surface area (Å²) in [7, 11) is 1.94. The zero-order chi connectivity index (χ0) is 6.27.